The van der Waals surface area contributed by atoms with Crippen molar-refractivity contribution in [3.05, 3.63) is 114 Å². The molecule has 1 aromatic heterocycles. The van der Waals surface area contributed by atoms with Gasteiger partial charge in [-0.15, -0.1) is 0 Å². The molecule has 3 rings (SSSR count). The molecule has 1 atom stereocenters. The van der Waals surface area contributed by atoms with Crippen molar-refractivity contribution in [2.45, 2.75) is 53.9 Å². The van der Waals surface area contributed by atoms with Gasteiger partial charge in [0.2, 0.25) is 0 Å². The van der Waals surface area contributed by atoms with Crippen molar-refractivity contribution >= 4 is 17.0 Å². The van der Waals surface area contributed by atoms with Crippen molar-refractivity contribution in [3.8, 4) is 0 Å². The third-order valence-electron chi connectivity index (χ3n) is 5.35. The van der Waals surface area contributed by atoms with E-state index in [0.717, 1.165) is 6.42 Å². The quantitative estimate of drug-likeness (QED) is 0.261. The van der Waals surface area contributed by atoms with E-state index in [9.17, 15) is 0 Å². The summed E-state index contributed by atoms with van der Waals surface area (Å²) in [7, 11) is 2.12. The molecule has 0 N–H and O–H groups in total. The van der Waals surface area contributed by atoms with E-state index in [1.807, 2.05) is 27.7 Å². The van der Waals surface area contributed by atoms with E-state index < -0.39 is 0 Å². The fraction of sp³-hybridized carbons (Fsp3) is 0.290. The zero-order chi connectivity index (χ0) is 23.9. The van der Waals surface area contributed by atoms with Gasteiger partial charge in [0, 0.05) is 35.1 Å². The number of nitrogens with zero attached hydrogens (tertiary/aromatic N) is 1. The van der Waals surface area contributed by atoms with Gasteiger partial charge in [0.25, 0.3) is 0 Å². The number of benzene rings is 2. The summed E-state index contributed by atoms with van der Waals surface area (Å²) >= 11 is 0. The Balaban J connectivity index is 0.00000121. The first-order valence-electron chi connectivity index (χ1n) is 11.8. The van der Waals surface area contributed by atoms with E-state index in [0.29, 0.717) is 5.92 Å². The van der Waals surface area contributed by atoms with Gasteiger partial charge in [-0.25, -0.2) is 0 Å². The summed E-state index contributed by atoms with van der Waals surface area (Å²) in [5.41, 5.74) is 6.38. The summed E-state index contributed by atoms with van der Waals surface area (Å²) in [5.74, 6) is 0.375. The molecule has 0 radical (unpaired) electrons. The number of allylic oxidation sites excluding steroid dienone is 6. The zero-order valence-corrected chi connectivity index (χ0v) is 21.1. The Morgan fingerprint density at radius 1 is 0.875 bits per heavy atom. The van der Waals surface area contributed by atoms with Crippen LogP contribution in [0, 0.1) is 6.92 Å². The normalized spacial score (nSPS) is 12.0. The topological polar surface area (TPSA) is 4.93 Å². The molecule has 0 saturated heterocycles. The van der Waals surface area contributed by atoms with Crippen molar-refractivity contribution in [2.75, 3.05) is 0 Å². The molecule has 1 nitrogen and oxygen atoms in total. The predicted octanol–water partition coefficient (Wildman–Crippen LogP) is 9.41. The van der Waals surface area contributed by atoms with E-state index in [1.165, 1.54) is 33.3 Å². The Kier molecular flexibility index (Phi) is 12.5. The number of hydrogen-bond donors (Lipinski definition) is 0. The molecule has 2 aromatic carbocycles. The van der Waals surface area contributed by atoms with Gasteiger partial charge in [0.05, 0.1) is 0 Å². The summed E-state index contributed by atoms with van der Waals surface area (Å²) in [6.45, 7) is 16.4. The van der Waals surface area contributed by atoms with Gasteiger partial charge in [-0.2, -0.15) is 0 Å². The maximum Gasteiger partial charge on any atom is 0.0486 e. The largest absolute Gasteiger partial charge is 0.347 e. The lowest BCUT2D eigenvalue weighted by atomic mass is 9.90. The van der Waals surface area contributed by atoms with E-state index >= 15 is 0 Å². The first-order chi connectivity index (χ1) is 15.6. The molecule has 32 heavy (non-hydrogen) atoms. The van der Waals surface area contributed by atoms with Crippen LogP contribution in [-0.4, -0.2) is 4.57 Å². The minimum absolute atomic E-state index is 0.375. The molecule has 0 aliphatic rings. The zero-order valence-electron chi connectivity index (χ0n) is 21.1. The molecular formula is C31H41N. The highest BCUT2D eigenvalue weighted by atomic mass is 14.9. The molecule has 0 amide bonds. The van der Waals surface area contributed by atoms with Crippen molar-refractivity contribution in [2.24, 2.45) is 7.05 Å². The van der Waals surface area contributed by atoms with Crippen LogP contribution in [0.15, 0.2) is 97.1 Å². The van der Waals surface area contributed by atoms with Gasteiger partial charge in [-0.05, 0) is 31.9 Å². The number of rotatable bonds is 7. The van der Waals surface area contributed by atoms with Crippen molar-refractivity contribution in [1.82, 2.24) is 4.57 Å². The summed E-state index contributed by atoms with van der Waals surface area (Å²) < 4.78 is 2.25. The van der Waals surface area contributed by atoms with Crippen molar-refractivity contribution in [3.63, 3.8) is 0 Å². The van der Waals surface area contributed by atoms with Crippen LogP contribution in [0.25, 0.3) is 17.0 Å². The van der Waals surface area contributed by atoms with E-state index in [1.54, 1.807) is 0 Å². The average molecular weight is 428 g/mol. The number of fused-ring (bicyclic) bond motifs is 1. The third-order valence-corrected chi connectivity index (χ3v) is 5.35. The van der Waals surface area contributed by atoms with Crippen LogP contribution in [0.1, 0.15) is 63.8 Å². The van der Waals surface area contributed by atoms with Crippen LogP contribution in [0.3, 0.4) is 0 Å². The van der Waals surface area contributed by atoms with Gasteiger partial charge in [-0.3, -0.25) is 0 Å². The van der Waals surface area contributed by atoms with Crippen molar-refractivity contribution in [1.29, 1.82) is 0 Å². The molecule has 0 fully saturated rings. The molecule has 1 heterocycles. The first kappa shape index (κ1) is 27.0. The second-order valence-electron chi connectivity index (χ2n) is 7.29. The van der Waals surface area contributed by atoms with E-state index in [4.69, 9.17) is 0 Å². The Bertz CT molecular complexity index is 1030. The minimum atomic E-state index is 0.375. The maximum atomic E-state index is 4.16. The average Bonchev–Trinajstić information content (AvgIpc) is 3.08. The van der Waals surface area contributed by atoms with Gasteiger partial charge < -0.3 is 4.57 Å². The lowest BCUT2D eigenvalue weighted by Gasteiger charge is -2.15. The lowest BCUT2D eigenvalue weighted by Crippen LogP contribution is -1.97. The smallest absolute Gasteiger partial charge is 0.0486 e. The number of hydrogen-bond acceptors (Lipinski definition) is 0. The molecule has 0 spiro atoms. The molecule has 0 aliphatic heterocycles. The van der Waals surface area contributed by atoms with Crippen LogP contribution < -0.4 is 0 Å². The molecule has 0 saturated carbocycles. The fourth-order valence-electron chi connectivity index (χ4n) is 3.64. The molecule has 3 aromatic rings. The number of aromatic nitrogens is 1. The maximum absolute atomic E-state index is 4.16. The highest BCUT2D eigenvalue weighted by Gasteiger charge is 2.09. The molecule has 1 unspecified atom stereocenters. The van der Waals surface area contributed by atoms with Gasteiger partial charge in [0.15, 0.2) is 0 Å². The van der Waals surface area contributed by atoms with Gasteiger partial charge in [0.1, 0.15) is 0 Å². The van der Waals surface area contributed by atoms with E-state index in [-0.39, 0.29) is 0 Å². The van der Waals surface area contributed by atoms with Crippen LogP contribution in [0.5, 0.6) is 0 Å². The second-order valence-corrected chi connectivity index (χ2v) is 7.29. The van der Waals surface area contributed by atoms with Crippen molar-refractivity contribution < 1.29 is 0 Å². The summed E-state index contributed by atoms with van der Waals surface area (Å²) in [6.07, 6.45) is 13.8. The van der Waals surface area contributed by atoms with Crippen LogP contribution >= 0.6 is 0 Å². The van der Waals surface area contributed by atoms with E-state index in [2.05, 4.69) is 123 Å². The monoisotopic (exact) mass is 427 g/mol. The number of aryl methyl sites for hydroxylation is 1. The Hall–Kier alpha value is -3.06. The molecule has 170 valence electrons. The fourth-order valence-corrected chi connectivity index (χ4v) is 3.64. The Morgan fingerprint density at radius 3 is 2.12 bits per heavy atom. The Labute approximate surface area is 196 Å². The van der Waals surface area contributed by atoms with Crippen LogP contribution in [-0.2, 0) is 7.05 Å². The first-order valence-corrected chi connectivity index (χ1v) is 11.8. The Morgan fingerprint density at radius 2 is 1.47 bits per heavy atom. The molecular weight excluding hydrogens is 386 g/mol. The summed E-state index contributed by atoms with van der Waals surface area (Å²) in [4.78, 5) is 0. The number of para-hydroxylation sites is 1. The highest BCUT2D eigenvalue weighted by Crippen LogP contribution is 2.27. The molecule has 0 bridgehead atoms. The predicted molar refractivity (Wildman–Crippen MR) is 146 cm³/mol. The standard InChI is InChI=1S/C27H29N.2C2H6/c1-21(2)24(23-15-9-8-10-16-23)17-11-6-5-7-12-18-25-22(3)28(4)27-20-14-13-19-26(25)27;2*1-2/h5-16,18-20,24H,1,17H2,2-4H3;2*1-2H3/b7-5+,11-6+,18-12+;;. The van der Waals surface area contributed by atoms with Crippen LogP contribution in [0.2, 0.25) is 0 Å². The lowest BCUT2D eigenvalue weighted by molar-refractivity contribution is 0.812. The minimum Gasteiger partial charge on any atom is -0.347 e. The summed E-state index contributed by atoms with van der Waals surface area (Å²) in [5, 5.41) is 1.30. The van der Waals surface area contributed by atoms with Gasteiger partial charge in [-0.1, -0.05) is 125 Å². The van der Waals surface area contributed by atoms with Gasteiger partial charge >= 0.3 is 0 Å². The van der Waals surface area contributed by atoms with Crippen LogP contribution in [0.4, 0.5) is 0 Å². The second kappa shape index (κ2) is 14.9. The summed E-state index contributed by atoms with van der Waals surface area (Å²) in [6, 6.07) is 19.1. The highest BCUT2D eigenvalue weighted by molar-refractivity contribution is 5.91. The molecule has 1 heteroatoms. The SMILES string of the molecule is C=C(C)C(C/C=C/C=C/C=C/c1c(C)n(C)c2ccccc12)c1ccccc1.CC.CC. The molecule has 0 aliphatic carbocycles. The third kappa shape index (κ3) is 7.27.